The predicted molar refractivity (Wildman–Crippen MR) is 156 cm³/mol. The van der Waals surface area contributed by atoms with E-state index in [2.05, 4.69) is 19.5 Å². The fourth-order valence-corrected chi connectivity index (χ4v) is 4.94. The maximum atomic E-state index is 16.1. The first-order valence-corrected chi connectivity index (χ1v) is 14.6. The Morgan fingerprint density at radius 1 is 0.731 bits per heavy atom. The van der Waals surface area contributed by atoms with Crippen LogP contribution in [0.5, 0.6) is 11.5 Å². The summed E-state index contributed by atoms with van der Waals surface area (Å²) >= 11 is 0. The van der Waals surface area contributed by atoms with E-state index in [-0.39, 0.29) is 17.7 Å². The van der Waals surface area contributed by atoms with Gasteiger partial charge in [0.15, 0.2) is 11.6 Å². The molecule has 1 unspecified atom stereocenters. The molecule has 0 heterocycles. The average Bonchev–Trinajstić information content (AvgIpc) is 3.05. The minimum Gasteiger partial charge on any atom is -0.459 e. The third kappa shape index (κ3) is 8.71. The van der Waals surface area contributed by atoms with E-state index < -0.39 is 106 Å². The number of carbonyl (C=O) groups is 2. The van der Waals surface area contributed by atoms with Gasteiger partial charge in [-0.05, 0) is 60.5 Å². The highest BCUT2D eigenvalue weighted by atomic mass is 19.4. The van der Waals surface area contributed by atoms with Gasteiger partial charge in [0.25, 0.3) is 5.91 Å². The molecule has 0 radical (unpaired) electrons. The van der Waals surface area contributed by atoms with E-state index >= 15 is 4.39 Å². The molecule has 0 spiro atoms. The minimum atomic E-state index is -5.31. The van der Waals surface area contributed by atoms with Crippen LogP contribution in [0.3, 0.4) is 0 Å². The summed E-state index contributed by atoms with van der Waals surface area (Å²) in [5.74, 6) is -11.2. The molecule has 1 atom stereocenters. The lowest BCUT2D eigenvalue weighted by Gasteiger charge is -2.37. The zero-order valence-corrected chi connectivity index (χ0v) is 26.2. The molecular weight excluding hydrogens is 730 g/mol. The molecule has 1 amide bonds. The van der Waals surface area contributed by atoms with Crippen molar-refractivity contribution in [3.8, 4) is 11.5 Å². The monoisotopic (exact) mass is 753 g/mol. The van der Waals surface area contributed by atoms with Gasteiger partial charge in [-0.15, -0.1) is 0 Å². The average molecular weight is 754 g/mol. The number of halogens is 12. The maximum absolute atomic E-state index is 16.1. The second-order valence-electron chi connectivity index (χ2n) is 10.8. The van der Waals surface area contributed by atoms with Crippen molar-refractivity contribution in [2.75, 3.05) is 6.61 Å². The summed E-state index contributed by atoms with van der Waals surface area (Å²) in [5.41, 5.74) is -6.51. The molecule has 278 valence electrons. The highest BCUT2D eigenvalue weighted by molar-refractivity contribution is 5.95. The Labute approximate surface area is 285 Å². The molecule has 0 fully saturated rings. The van der Waals surface area contributed by atoms with E-state index in [0.717, 1.165) is 6.07 Å². The van der Waals surface area contributed by atoms with E-state index in [0.29, 0.717) is 36.4 Å². The second kappa shape index (κ2) is 15.1. The summed E-state index contributed by atoms with van der Waals surface area (Å²) in [6, 6.07) is 11.3. The van der Waals surface area contributed by atoms with Crippen molar-refractivity contribution >= 4 is 11.9 Å². The molecule has 0 aliphatic carbocycles. The molecule has 4 aromatic rings. The second-order valence-corrected chi connectivity index (χ2v) is 10.8. The molecule has 0 aliphatic heterocycles. The molecule has 0 aromatic heterocycles. The van der Waals surface area contributed by atoms with Crippen LogP contribution in [0.1, 0.15) is 39.5 Å². The Balaban J connectivity index is 2.00. The van der Waals surface area contributed by atoms with E-state index in [4.69, 9.17) is 0 Å². The molecule has 0 bridgehead atoms. The molecule has 1 N–H and O–H groups in total. The van der Waals surface area contributed by atoms with Crippen LogP contribution in [-0.2, 0) is 27.7 Å². The summed E-state index contributed by atoms with van der Waals surface area (Å²) in [4.78, 5) is 25.6. The van der Waals surface area contributed by atoms with Crippen LogP contribution < -0.4 is 14.8 Å². The van der Waals surface area contributed by atoms with Gasteiger partial charge in [-0.3, -0.25) is 4.79 Å². The largest absolute Gasteiger partial charge is 0.502 e. The van der Waals surface area contributed by atoms with Gasteiger partial charge in [0, 0.05) is 23.6 Å². The summed E-state index contributed by atoms with van der Waals surface area (Å²) in [5, 5.41) is 2.27. The number of carbonyl (C=O) groups excluding carboxylic acids is 2. The number of hydrogen-bond acceptors (Lipinski definition) is 5. The van der Waals surface area contributed by atoms with Crippen LogP contribution in [0, 0.1) is 17.5 Å². The van der Waals surface area contributed by atoms with Crippen molar-refractivity contribution in [1.82, 2.24) is 5.32 Å². The van der Waals surface area contributed by atoms with Crippen molar-refractivity contribution in [2.24, 2.45) is 0 Å². The third-order valence-corrected chi connectivity index (χ3v) is 7.26. The Bertz CT molecular complexity index is 1920. The van der Waals surface area contributed by atoms with E-state index in [1.54, 1.807) is 0 Å². The van der Waals surface area contributed by atoms with E-state index in [1.807, 2.05) is 0 Å². The molecule has 0 saturated heterocycles. The first-order chi connectivity index (χ1) is 24.2. The molecule has 0 aliphatic rings. The molecule has 18 heteroatoms. The topological polar surface area (TPSA) is 73.9 Å². The first kappa shape index (κ1) is 39.4. The minimum absolute atomic E-state index is 0.108. The lowest BCUT2D eigenvalue weighted by atomic mass is 9.77. The van der Waals surface area contributed by atoms with Crippen LogP contribution in [0.2, 0.25) is 0 Å². The van der Waals surface area contributed by atoms with Gasteiger partial charge < -0.3 is 19.5 Å². The highest BCUT2D eigenvalue weighted by Crippen LogP contribution is 2.41. The van der Waals surface area contributed by atoms with Crippen molar-refractivity contribution < 1.29 is 76.5 Å². The highest BCUT2D eigenvalue weighted by Gasteiger charge is 2.47. The van der Waals surface area contributed by atoms with Crippen LogP contribution in [0.25, 0.3) is 0 Å². The first-order valence-electron chi connectivity index (χ1n) is 14.6. The normalized spacial score (nSPS) is 13.3. The van der Waals surface area contributed by atoms with Crippen molar-refractivity contribution in [2.45, 2.75) is 43.7 Å². The van der Waals surface area contributed by atoms with Crippen molar-refractivity contribution in [3.63, 3.8) is 0 Å². The fraction of sp³-hybridized carbons (Fsp3) is 0.235. The molecule has 6 nitrogen and oxygen atoms in total. The van der Waals surface area contributed by atoms with E-state index in [9.17, 15) is 57.9 Å². The van der Waals surface area contributed by atoms with Crippen LogP contribution in [-0.4, -0.2) is 37.1 Å². The third-order valence-electron chi connectivity index (χ3n) is 7.26. The van der Waals surface area contributed by atoms with Gasteiger partial charge in [-0.1, -0.05) is 36.4 Å². The summed E-state index contributed by atoms with van der Waals surface area (Å²) in [7, 11) is 0. The summed E-state index contributed by atoms with van der Waals surface area (Å²) in [6.07, 6.45) is -20.3. The van der Waals surface area contributed by atoms with Crippen LogP contribution >= 0.6 is 0 Å². The van der Waals surface area contributed by atoms with Gasteiger partial charge in [0.2, 0.25) is 0 Å². The van der Waals surface area contributed by atoms with Crippen molar-refractivity contribution in [1.29, 1.82) is 0 Å². The molecular formula is C34H23F12NO5. The van der Waals surface area contributed by atoms with Gasteiger partial charge >= 0.3 is 30.8 Å². The Morgan fingerprint density at radius 2 is 1.38 bits per heavy atom. The van der Waals surface area contributed by atoms with Gasteiger partial charge in [0.1, 0.15) is 17.4 Å². The zero-order valence-electron chi connectivity index (χ0n) is 26.2. The maximum Gasteiger partial charge on any atom is 0.502 e. The Kier molecular flexibility index (Phi) is 11.4. The Hall–Kier alpha value is -5.42. The van der Waals surface area contributed by atoms with Gasteiger partial charge in [-0.25, -0.2) is 18.0 Å². The van der Waals surface area contributed by atoms with E-state index in [1.165, 1.54) is 37.3 Å². The molecule has 4 rings (SSSR count). The lowest BCUT2D eigenvalue weighted by Crippen LogP contribution is -2.49. The molecule has 4 aromatic carbocycles. The standard InChI is InChI=1S/C34H23F12NO5/c1-2-50-30(49)34(45,46)52-27-15-20(9-13-25(27)36)31(17-18-6-4-3-5-7-18,22-11-10-21(16-26(22)37)51-33(43,44)29(38)39)47-28(48)19-8-12-24(35)23(14-19)32(40,41)42/h3-16,29H,2,17H2,1H3,(H,47,48). The van der Waals surface area contributed by atoms with Crippen LogP contribution in [0.15, 0.2) is 84.9 Å². The number of nitrogens with one attached hydrogen (secondary N) is 1. The number of amides is 1. The van der Waals surface area contributed by atoms with Gasteiger partial charge in [0.05, 0.1) is 17.7 Å². The smallest absolute Gasteiger partial charge is 0.459 e. The Morgan fingerprint density at radius 3 is 1.98 bits per heavy atom. The lowest BCUT2D eigenvalue weighted by molar-refractivity contribution is -0.253. The van der Waals surface area contributed by atoms with Crippen molar-refractivity contribution in [3.05, 3.63) is 130 Å². The summed E-state index contributed by atoms with van der Waals surface area (Å²) in [6.45, 7) is 0.627. The summed E-state index contributed by atoms with van der Waals surface area (Å²) < 4.78 is 181. The fourth-order valence-electron chi connectivity index (χ4n) is 4.94. The molecule has 52 heavy (non-hydrogen) atoms. The zero-order chi connectivity index (χ0) is 38.6. The van der Waals surface area contributed by atoms with Gasteiger partial charge in [-0.2, -0.15) is 39.5 Å². The number of hydrogen-bond donors (Lipinski definition) is 1. The number of ether oxygens (including phenoxy) is 3. The predicted octanol–water partition coefficient (Wildman–Crippen LogP) is 8.81. The SMILES string of the molecule is CCOC(=O)C(F)(F)Oc1cc(C(Cc2ccccc2)(NC(=O)c2ccc(F)c(C(F)(F)F)c2)c2ccc(OC(F)(F)C(F)F)cc2F)ccc1F. The quantitative estimate of drug-likeness (QED) is 0.109. The molecule has 0 saturated carbocycles. The van der Waals surface area contributed by atoms with Crippen LogP contribution in [0.4, 0.5) is 52.7 Å². The number of rotatable bonds is 13. The number of benzene rings is 4. The number of alkyl halides is 9. The number of esters is 1.